The minimum absolute atomic E-state index is 0.110. The van der Waals surface area contributed by atoms with Crippen LogP contribution in [0.15, 0.2) is 65.5 Å². The molecule has 0 saturated carbocycles. The summed E-state index contributed by atoms with van der Waals surface area (Å²) in [5.74, 6) is -1.94. The second-order valence-corrected chi connectivity index (χ2v) is 14.5. The fraction of sp³-hybridized carbons (Fsp3) is 0.432. The molecule has 0 atom stereocenters. The molecule has 1 heterocycles. The number of carbonyl (C=O) groups is 3. The van der Waals surface area contributed by atoms with Crippen LogP contribution in [-0.2, 0) is 20.8 Å². The standard InChI is InChI=1S/C37H41N3O10/c1-7-9-21-14-22(15-30(49-8-2)35(21)50-29-11-10-23(39(45)46)16-24(29)40(47)48)32-33-25(17-36(3,4)19-27(33)41)38(13-12-31(43)44)26-18-37(5,6)20-28(42)34(26)32/h7,10-11,14-16,32H,1,8-9,12-13,17-20H2,2-6H3,(H,43,44). The Bertz CT molecular complexity index is 1830. The van der Waals surface area contributed by atoms with Gasteiger partial charge in [-0.15, -0.1) is 6.58 Å². The van der Waals surface area contributed by atoms with Crippen LogP contribution in [0.1, 0.15) is 83.8 Å². The molecule has 2 aromatic rings. The number of benzene rings is 2. The van der Waals surface area contributed by atoms with Gasteiger partial charge in [-0.1, -0.05) is 39.8 Å². The Labute approximate surface area is 289 Å². The van der Waals surface area contributed by atoms with Crippen LogP contribution < -0.4 is 9.47 Å². The van der Waals surface area contributed by atoms with Crippen LogP contribution in [0.2, 0.25) is 0 Å². The van der Waals surface area contributed by atoms with Crippen molar-refractivity contribution in [1.29, 1.82) is 0 Å². The molecular weight excluding hydrogens is 646 g/mol. The Morgan fingerprint density at radius 2 is 1.56 bits per heavy atom. The molecule has 0 bridgehead atoms. The molecular formula is C37H41N3O10. The lowest BCUT2D eigenvalue weighted by Crippen LogP contribution is -2.45. The van der Waals surface area contributed by atoms with E-state index in [-0.39, 0.29) is 67.6 Å². The van der Waals surface area contributed by atoms with Crippen molar-refractivity contribution in [1.82, 2.24) is 4.90 Å². The van der Waals surface area contributed by atoms with E-state index in [4.69, 9.17) is 9.47 Å². The Morgan fingerprint density at radius 1 is 0.960 bits per heavy atom. The molecule has 2 aliphatic carbocycles. The molecule has 0 spiro atoms. The first-order valence-corrected chi connectivity index (χ1v) is 16.5. The summed E-state index contributed by atoms with van der Waals surface area (Å²) in [4.78, 5) is 63.9. The summed E-state index contributed by atoms with van der Waals surface area (Å²) in [6, 6.07) is 6.54. The van der Waals surface area contributed by atoms with Gasteiger partial charge in [0.25, 0.3) is 5.69 Å². The summed E-state index contributed by atoms with van der Waals surface area (Å²) in [7, 11) is 0. The third kappa shape index (κ3) is 7.03. The fourth-order valence-electron chi connectivity index (χ4n) is 7.35. The first kappa shape index (κ1) is 36.0. The molecule has 0 unspecified atom stereocenters. The SMILES string of the molecule is C=CCc1cc(C2C3=C(CC(C)(C)CC3=O)N(CCC(=O)O)C3=C2C(=O)CC(C)(C)C3)cc(OCC)c1Oc1ccc([N+](=O)[O-])cc1[N+](=O)[O-]. The van der Waals surface area contributed by atoms with Gasteiger partial charge < -0.3 is 19.5 Å². The number of nitro groups is 2. The molecule has 0 saturated heterocycles. The molecule has 13 nitrogen and oxygen atoms in total. The summed E-state index contributed by atoms with van der Waals surface area (Å²) in [5, 5.41) is 32.9. The molecule has 0 radical (unpaired) electrons. The molecule has 0 amide bonds. The van der Waals surface area contributed by atoms with Crippen LogP contribution in [-0.4, -0.2) is 50.5 Å². The smallest absolute Gasteiger partial charge is 0.318 e. The highest BCUT2D eigenvalue weighted by Gasteiger charge is 2.49. The van der Waals surface area contributed by atoms with Crippen molar-refractivity contribution in [2.24, 2.45) is 10.8 Å². The van der Waals surface area contributed by atoms with E-state index in [1.807, 2.05) is 32.6 Å². The third-order valence-corrected chi connectivity index (χ3v) is 9.28. The van der Waals surface area contributed by atoms with Gasteiger partial charge in [0.05, 0.1) is 28.9 Å². The summed E-state index contributed by atoms with van der Waals surface area (Å²) < 4.78 is 12.2. The maximum Gasteiger partial charge on any atom is 0.318 e. The zero-order chi connectivity index (χ0) is 36.7. The number of ketones is 2. The number of ether oxygens (including phenoxy) is 2. The van der Waals surface area contributed by atoms with E-state index < -0.39 is 43.9 Å². The zero-order valence-corrected chi connectivity index (χ0v) is 28.9. The minimum Gasteiger partial charge on any atom is -0.490 e. The lowest BCUT2D eigenvalue weighted by atomic mass is 9.63. The number of non-ortho nitro benzene ring substituents is 1. The Balaban J connectivity index is 1.77. The number of nitrogens with zero attached hydrogens (tertiary/aromatic N) is 3. The molecule has 0 fully saturated rings. The Morgan fingerprint density at radius 3 is 2.06 bits per heavy atom. The third-order valence-electron chi connectivity index (χ3n) is 9.28. The predicted octanol–water partition coefficient (Wildman–Crippen LogP) is 7.58. The van der Waals surface area contributed by atoms with Crippen LogP contribution in [0.4, 0.5) is 11.4 Å². The van der Waals surface area contributed by atoms with E-state index in [1.54, 1.807) is 25.1 Å². The number of carboxylic acids is 1. The number of allylic oxidation sites excluding steroid dienone is 5. The topological polar surface area (TPSA) is 179 Å². The lowest BCUT2D eigenvalue weighted by Gasteiger charge is -2.49. The lowest BCUT2D eigenvalue weighted by molar-refractivity contribution is -0.394. The second-order valence-electron chi connectivity index (χ2n) is 14.5. The van der Waals surface area contributed by atoms with Crippen LogP contribution in [0.25, 0.3) is 0 Å². The quantitative estimate of drug-likeness (QED) is 0.132. The number of nitro benzene ring substituents is 2. The first-order valence-electron chi connectivity index (χ1n) is 16.5. The summed E-state index contributed by atoms with van der Waals surface area (Å²) in [5.41, 5.74) is 1.51. The maximum atomic E-state index is 14.2. The minimum atomic E-state index is -0.988. The van der Waals surface area contributed by atoms with E-state index in [9.17, 15) is 39.7 Å². The van der Waals surface area contributed by atoms with Gasteiger partial charge in [-0.2, -0.15) is 0 Å². The summed E-state index contributed by atoms with van der Waals surface area (Å²) in [6.45, 7) is 13.9. The molecule has 5 rings (SSSR count). The van der Waals surface area contributed by atoms with Crippen LogP contribution in [0, 0.1) is 31.1 Å². The number of aliphatic carboxylic acids is 1. The molecule has 2 aromatic carbocycles. The highest BCUT2D eigenvalue weighted by Crippen LogP contribution is 2.55. The van der Waals surface area contributed by atoms with E-state index in [0.717, 1.165) is 18.2 Å². The monoisotopic (exact) mass is 687 g/mol. The molecule has 1 aliphatic heterocycles. The van der Waals surface area contributed by atoms with Gasteiger partial charge in [-0.25, -0.2) is 0 Å². The van der Waals surface area contributed by atoms with Crippen LogP contribution in [0.3, 0.4) is 0 Å². The normalized spacial score (nSPS) is 18.4. The van der Waals surface area contributed by atoms with Crippen molar-refractivity contribution in [3.63, 3.8) is 0 Å². The Kier molecular flexibility index (Phi) is 9.73. The zero-order valence-electron chi connectivity index (χ0n) is 28.9. The first-order chi connectivity index (χ1) is 23.5. The van der Waals surface area contributed by atoms with Crippen molar-refractivity contribution in [3.05, 3.63) is 96.9 Å². The molecule has 13 heteroatoms. The highest BCUT2D eigenvalue weighted by molar-refractivity contribution is 6.07. The van der Waals surface area contributed by atoms with E-state index >= 15 is 0 Å². The highest BCUT2D eigenvalue weighted by atomic mass is 16.6. The van der Waals surface area contributed by atoms with E-state index in [0.29, 0.717) is 46.5 Å². The van der Waals surface area contributed by atoms with Crippen molar-refractivity contribution in [2.45, 2.75) is 79.1 Å². The van der Waals surface area contributed by atoms with Gasteiger partial charge in [0, 0.05) is 59.5 Å². The molecule has 50 heavy (non-hydrogen) atoms. The van der Waals surface area contributed by atoms with Crippen molar-refractivity contribution in [2.75, 3.05) is 13.2 Å². The van der Waals surface area contributed by atoms with Crippen molar-refractivity contribution in [3.8, 4) is 17.2 Å². The second kappa shape index (κ2) is 13.5. The molecule has 3 aliphatic rings. The maximum absolute atomic E-state index is 14.2. The molecule has 264 valence electrons. The van der Waals surface area contributed by atoms with Gasteiger partial charge in [-0.3, -0.25) is 34.6 Å². The van der Waals surface area contributed by atoms with Gasteiger partial charge in [0.15, 0.2) is 23.1 Å². The van der Waals surface area contributed by atoms with Crippen molar-refractivity contribution < 1.29 is 38.8 Å². The number of hydrogen-bond acceptors (Lipinski definition) is 10. The fourth-order valence-corrected chi connectivity index (χ4v) is 7.35. The molecule has 0 aromatic heterocycles. The largest absolute Gasteiger partial charge is 0.490 e. The summed E-state index contributed by atoms with van der Waals surface area (Å²) in [6.07, 6.45) is 3.11. The number of Topliss-reactive ketones (excluding diaryl/α,β-unsaturated/α-hetero) is 2. The average Bonchev–Trinajstić information content (AvgIpc) is 3.00. The predicted molar refractivity (Wildman–Crippen MR) is 183 cm³/mol. The van der Waals surface area contributed by atoms with E-state index in [2.05, 4.69) is 6.58 Å². The van der Waals surface area contributed by atoms with Crippen LogP contribution in [0.5, 0.6) is 17.2 Å². The number of rotatable bonds is 12. The van der Waals surface area contributed by atoms with Gasteiger partial charge in [0.1, 0.15) is 0 Å². The van der Waals surface area contributed by atoms with Gasteiger partial charge in [-0.05, 0) is 54.7 Å². The average molecular weight is 688 g/mol. The van der Waals surface area contributed by atoms with Crippen molar-refractivity contribution >= 4 is 28.9 Å². The summed E-state index contributed by atoms with van der Waals surface area (Å²) >= 11 is 0. The number of carbonyl (C=O) groups excluding carboxylic acids is 2. The van der Waals surface area contributed by atoms with Crippen LogP contribution >= 0.6 is 0 Å². The number of hydrogen-bond donors (Lipinski definition) is 1. The Hall–Kier alpha value is -5.33. The van der Waals surface area contributed by atoms with Gasteiger partial charge in [0.2, 0.25) is 5.75 Å². The van der Waals surface area contributed by atoms with Gasteiger partial charge >= 0.3 is 11.7 Å². The molecule has 1 N–H and O–H groups in total. The number of carboxylic acid groups (broad SMARTS) is 1. The van der Waals surface area contributed by atoms with E-state index in [1.165, 1.54) is 0 Å².